The van der Waals surface area contributed by atoms with Crippen molar-refractivity contribution in [3.8, 4) is 22.5 Å². The molecule has 5 aromatic carbocycles. The molecule has 56 heavy (non-hydrogen) atoms. The first-order chi connectivity index (χ1) is 27.9. The van der Waals surface area contributed by atoms with Crippen molar-refractivity contribution in [1.29, 1.82) is 0 Å². The Morgan fingerprint density at radius 3 is 2.27 bits per heavy atom. The second-order valence-corrected chi connectivity index (χ2v) is 20.8. The fourth-order valence-electron chi connectivity index (χ4n) is 6.78. The van der Waals surface area contributed by atoms with Crippen LogP contribution in [0.3, 0.4) is 0 Å². The fraction of sp³-hybridized carbons (Fsp3) is 0.184. The standard InChI is InChI=1S/C27H23FNOSi.C22H20NO.Ir/c1-31(2,3)26-17-29-24(15-19(26)14-18-8-5-4-6-9-18)23-11-7-10-22-21-13-12-20(28)16-25(21)30-27(22)23;1-22(2,3)14-15-10-11-23-19(12-15)16-8-9-21-18(13-16)17-6-4-5-7-20(17)24-21;/h4-10,12-13,15-17H,14H2,1-3H3;4-7,9-13H,14H2,1-3H3;/q2*-1;/i2*14D2;. The van der Waals surface area contributed by atoms with E-state index in [2.05, 4.69) is 36.8 Å². The summed E-state index contributed by atoms with van der Waals surface area (Å²) in [5, 5.41) is 4.71. The normalized spacial score (nSPS) is 13.4. The molecule has 1 radical (unpaired) electrons. The predicted molar refractivity (Wildman–Crippen MR) is 227 cm³/mol. The summed E-state index contributed by atoms with van der Waals surface area (Å²) >= 11 is 0. The fourth-order valence-corrected chi connectivity index (χ4v) is 8.18. The van der Waals surface area contributed by atoms with Crippen LogP contribution in [0, 0.1) is 23.4 Å². The number of hydrogen-bond donors (Lipinski definition) is 0. The monoisotopic (exact) mass is 935 g/mol. The minimum Gasteiger partial charge on any atom is -0.500 e. The summed E-state index contributed by atoms with van der Waals surface area (Å²) in [6, 6.07) is 41.0. The van der Waals surface area contributed by atoms with E-state index in [1.807, 2.05) is 112 Å². The van der Waals surface area contributed by atoms with Gasteiger partial charge in [0.1, 0.15) is 17.0 Å². The third-order valence-corrected chi connectivity index (χ3v) is 11.3. The second kappa shape index (κ2) is 15.7. The molecule has 4 nitrogen and oxygen atoms in total. The molecule has 0 fully saturated rings. The molecule has 4 aromatic heterocycles. The molecule has 283 valence electrons. The van der Waals surface area contributed by atoms with Crippen LogP contribution in [0.1, 0.15) is 42.9 Å². The third kappa shape index (κ3) is 8.31. The molecule has 0 atom stereocenters. The van der Waals surface area contributed by atoms with Crippen LogP contribution in [-0.4, -0.2) is 18.0 Å². The van der Waals surface area contributed by atoms with Gasteiger partial charge in [-0.25, -0.2) is 4.39 Å². The van der Waals surface area contributed by atoms with Gasteiger partial charge >= 0.3 is 0 Å². The van der Waals surface area contributed by atoms with Gasteiger partial charge in [-0.2, -0.15) is 0 Å². The number of nitrogens with zero attached hydrogens (tertiary/aromatic N) is 2. The van der Waals surface area contributed by atoms with Gasteiger partial charge in [-0.15, -0.1) is 42.0 Å². The van der Waals surface area contributed by atoms with Crippen LogP contribution in [0.4, 0.5) is 4.39 Å². The third-order valence-electron chi connectivity index (χ3n) is 9.28. The Balaban J connectivity index is 0.000000183. The molecule has 9 aromatic rings. The Morgan fingerprint density at radius 1 is 0.714 bits per heavy atom. The van der Waals surface area contributed by atoms with E-state index in [0.29, 0.717) is 44.8 Å². The Hall–Kier alpha value is -5.20. The molecule has 0 amide bonds. The van der Waals surface area contributed by atoms with Crippen molar-refractivity contribution in [3.05, 3.63) is 162 Å². The number of hydrogen-bond acceptors (Lipinski definition) is 4. The SMILES string of the molecule is [2H]C([2H])(c1ccccc1)c1cc(-c2[c-]ccc3c2oc2cc(F)ccc23)ncc1[Si](C)(C)C.[2H]C([2H])(c1ccnc(-c2[c-]cc3oc4ccccc4c3c2)c1)C(C)(C)C.[Ir]. The van der Waals surface area contributed by atoms with E-state index in [1.165, 1.54) is 12.1 Å². The summed E-state index contributed by atoms with van der Waals surface area (Å²) < 4.78 is 60.8. The Morgan fingerprint density at radius 2 is 1.48 bits per heavy atom. The molecular formula is C49H43FIrN2O2Si-2. The van der Waals surface area contributed by atoms with E-state index >= 15 is 0 Å². The Kier molecular flexibility index (Phi) is 9.58. The molecule has 4 heterocycles. The van der Waals surface area contributed by atoms with Gasteiger partial charge in [0.25, 0.3) is 0 Å². The van der Waals surface area contributed by atoms with Gasteiger partial charge in [0.15, 0.2) is 0 Å². The molecule has 0 aliphatic heterocycles. The predicted octanol–water partition coefficient (Wildman–Crippen LogP) is 12.8. The molecule has 9 rings (SSSR count). The number of para-hydroxylation sites is 1. The van der Waals surface area contributed by atoms with Gasteiger partial charge in [0, 0.05) is 54.8 Å². The van der Waals surface area contributed by atoms with Crippen molar-refractivity contribution in [2.45, 2.75) is 53.2 Å². The summed E-state index contributed by atoms with van der Waals surface area (Å²) in [6.07, 6.45) is 0.322. The zero-order chi connectivity index (χ0) is 41.9. The molecule has 0 aliphatic rings. The molecule has 0 aliphatic carbocycles. The molecule has 7 heteroatoms. The number of rotatable bonds is 6. The van der Waals surface area contributed by atoms with E-state index in [4.69, 9.17) is 19.3 Å². The van der Waals surface area contributed by atoms with Crippen molar-refractivity contribution in [2.24, 2.45) is 5.41 Å². The summed E-state index contributed by atoms with van der Waals surface area (Å²) in [7, 11) is -1.91. The zero-order valence-electron chi connectivity index (χ0n) is 36.0. The average Bonchev–Trinajstić information content (AvgIpc) is 3.78. The first kappa shape index (κ1) is 34.1. The summed E-state index contributed by atoms with van der Waals surface area (Å²) in [5.41, 5.74) is 6.75. The molecule has 0 N–H and O–H groups in total. The van der Waals surface area contributed by atoms with Crippen LogP contribution in [0.2, 0.25) is 19.6 Å². The Bertz CT molecular complexity index is 3010. The molecule has 0 spiro atoms. The molecular weight excluding hydrogens is 888 g/mol. The number of pyridine rings is 2. The maximum Gasteiger partial charge on any atom is 0.126 e. The van der Waals surface area contributed by atoms with Crippen LogP contribution < -0.4 is 5.19 Å². The van der Waals surface area contributed by atoms with E-state index in [9.17, 15) is 4.39 Å². The van der Waals surface area contributed by atoms with Crippen molar-refractivity contribution < 1.29 is 38.8 Å². The summed E-state index contributed by atoms with van der Waals surface area (Å²) in [6.45, 7) is 12.3. The quantitative estimate of drug-likeness (QED) is 0.123. The maximum atomic E-state index is 13.8. The summed E-state index contributed by atoms with van der Waals surface area (Å²) in [5.74, 6) is -0.358. The summed E-state index contributed by atoms with van der Waals surface area (Å²) in [4.78, 5) is 9.17. The van der Waals surface area contributed by atoms with Gasteiger partial charge < -0.3 is 18.8 Å². The second-order valence-electron chi connectivity index (χ2n) is 15.7. The average molecular weight is 935 g/mol. The molecule has 0 saturated carbocycles. The van der Waals surface area contributed by atoms with E-state index in [0.717, 1.165) is 43.5 Å². The van der Waals surface area contributed by atoms with Gasteiger partial charge in [-0.1, -0.05) is 129 Å². The van der Waals surface area contributed by atoms with Crippen LogP contribution in [0.25, 0.3) is 66.4 Å². The van der Waals surface area contributed by atoms with Crippen molar-refractivity contribution in [2.75, 3.05) is 0 Å². The molecule has 0 saturated heterocycles. The van der Waals surface area contributed by atoms with Crippen molar-refractivity contribution in [1.82, 2.24) is 9.97 Å². The van der Waals surface area contributed by atoms with E-state index < -0.39 is 26.2 Å². The largest absolute Gasteiger partial charge is 0.500 e. The number of halogens is 1. The smallest absolute Gasteiger partial charge is 0.126 e. The van der Waals surface area contributed by atoms with Crippen molar-refractivity contribution >= 4 is 57.1 Å². The topological polar surface area (TPSA) is 52.1 Å². The van der Waals surface area contributed by atoms with Crippen LogP contribution in [0.15, 0.2) is 136 Å². The van der Waals surface area contributed by atoms with Gasteiger partial charge in [0.05, 0.1) is 19.2 Å². The number of benzene rings is 5. The number of aromatic nitrogens is 2. The van der Waals surface area contributed by atoms with Crippen LogP contribution in [-0.2, 0) is 32.9 Å². The van der Waals surface area contributed by atoms with Crippen molar-refractivity contribution in [3.63, 3.8) is 0 Å². The number of furan rings is 2. The minimum atomic E-state index is -1.91. The van der Waals surface area contributed by atoms with Crippen LogP contribution >= 0.6 is 0 Å². The first-order valence-electron chi connectivity index (χ1n) is 20.3. The van der Waals surface area contributed by atoms with Crippen LogP contribution in [0.5, 0.6) is 0 Å². The number of fused-ring (bicyclic) bond motifs is 6. The minimum absolute atomic E-state index is 0. The van der Waals surface area contributed by atoms with E-state index in [-0.39, 0.29) is 25.9 Å². The zero-order valence-corrected chi connectivity index (χ0v) is 35.4. The van der Waals surface area contributed by atoms with E-state index in [1.54, 1.807) is 24.4 Å². The van der Waals surface area contributed by atoms with Gasteiger partial charge in [-0.3, -0.25) is 0 Å². The molecule has 0 unspecified atom stereocenters. The molecule has 0 bridgehead atoms. The van der Waals surface area contributed by atoms with Gasteiger partial charge in [-0.05, 0) is 64.6 Å². The maximum absolute atomic E-state index is 13.8. The van der Waals surface area contributed by atoms with Gasteiger partial charge in [0.2, 0.25) is 0 Å². The first-order valence-corrected chi connectivity index (χ1v) is 21.8. The Labute approximate surface area is 347 Å².